The number of carbonyl (C=O) groups excluding carboxylic acids is 2. The lowest BCUT2D eigenvalue weighted by Gasteiger charge is -2.32. The number of hydrogen-bond acceptors (Lipinski definition) is 3. The molecule has 1 fully saturated rings. The van der Waals surface area contributed by atoms with E-state index in [2.05, 4.69) is 5.32 Å². The van der Waals surface area contributed by atoms with Gasteiger partial charge in [-0.2, -0.15) is 0 Å². The fourth-order valence-corrected chi connectivity index (χ4v) is 2.27. The highest BCUT2D eigenvalue weighted by Gasteiger charge is 2.25. The Labute approximate surface area is 117 Å². The lowest BCUT2D eigenvalue weighted by Crippen LogP contribution is -2.50. The van der Waals surface area contributed by atoms with Crippen LogP contribution in [0.15, 0.2) is 30.3 Å². The SMILES string of the molecule is NC(=O)NC1CCCN(C(=O)OCc2ccccc2)C1. The second kappa shape index (κ2) is 6.79. The highest BCUT2D eigenvalue weighted by molar-refractivity contribution is 5.72. The van der Waals surface area contributed by atoms with E-state index in [4.69, 9.17) is 10.5 Å². The summed E-state index contributed by atoms with van der Waals surface area (Å²) in [6, 6.07) is 8.87. The molecule has 2 rings (SSSR count). The molecule has 1 aliphatic rings. The normalized spacial score (nSPS) is 18.4. The fourth-order valence-electron chi connectivity index (χ4n) is 2.27. The number of ether oxygens (including phenoxy) is 1. The van der Waals surface area contributed by atoms with Gasteiger partial charge in [-0.3, -0.25) is 0 Å². The van der Waals surface area contributed by atoms with Crippen LogP contribution in [-0.2, 0) is 11.3 Å². The second-order valence-corrected chi connectivity index (χ2v) is 4.83. The van der Waals surface area contributed by atoms with Crippen LogP contribution < -0.4 is 11.1 Å². The molecule has 108 valence electrons. The van der Waals surface area contributed by atoms with Gasteiger partial charge in [0.15, 0.2) is 0 Å². The van der Waals surface area contributed by atoms with Crippen molar-refractivity contribution in [3.05, 3.63) is 35.9 Å². The number of likely N-dealkylation sites (tertiary alicyclic amines) is 1. The number of urea groups is 1. The average Bonchev–Trinajstić information content (AvgIpc) is 2.45. The van der Waals surface area contributed by atoms with Gasteiger partial charge in [0.25, 0.3) is 0 Å². The van der Waals surface area contributed by atoms with Gasteiger partial charge < -0.3 is 20.7 Å². The van der Waals surface area contributed by atoms with Crippen molar-refractivity contribution < 1.29 is 14.3 Å². The van der Waals surface area contributed by atoms with Crippen LogP contribution in [0.2, 0.25) is 0 Å². The van der Waals surface area contributed by atoms with Gasteiger partial charge in [-0.1, -0.05) is 30.3 Å². The molecule has 1 unspecified atom stereocenters. The minimum Gasteiger partial charge on any atom is -0.445 e. The Morgan fingerprint density at radius 1 is 1.35 bits per heavy atom. The van der Waals surface area contributed by atoms with Crippen LogP contribution in [-0.4, -0.2) is 36.2 Å². The molecular formula is C14H19N3O3. The van der Waals surface area contributed by atoms with Crippen molar-refractivity contribution in [3.8, 4) is 0 Å². The first-order valence-corrected chi connectivity index (χ1v) is 6.67. The molecule has 0 aliphatic carbocycles. The second-order valence-electron chi connectivity index (χ2n) is 4.83. The van der Waals surface area contributed by atoms with Gasteiger partial charge >= 0.3 is 12.1 Å². The Bertz CT molecular complexity index is 464. The first kappa shape index (κ1) is 14.2. The number of primary amides is 1. The molecule has 0 aromatic heterocycles. The topological polar surface area (TPSA) is 84.7 Å². The van der Waals surface area contributed by atoms with E-state index in [0.717, 1.165) is 18.4 Å². The van der Waals surface area contributed by atoms with E-state index >= 15 is 0 Å². The lowest BCUT2D eigenvalue weighted by atomic mass is 10.1. The molecule has 0 spiro atoms. The number of hydrogen-bond donors (Lipinski definition) is 2. The van der Waals surface area contributed by atoms with E-state index in [9.17, 15) is 9.59 Å². The van der Waals surface area contributed by atoms with Gasteiger partial charge in [-0.25, -0.2) is 9.59 Å². The Morgan fingerprint density at radius 3 is 2.80 bits per heavy atom. The zero-order chi connectivity index (χ0) is 14.4. The number of benzene rings is 1. The third kappa shape index (κ3) is 4.15. The number of nitrogens with zero attached hydrogens (tertiary/aromatic N) is 1. The summed E-state index contributed by atoms with van der Waals surface area (Å²) in [6.45, 7) is 1.34. The summed E-state index contributed by atoms with van der Waals surface area (Å²) < 4.78 is 5.26. The lowest BCUT2D eigenvalue weighted by molar-refractivity contribution is 0.0840. The summed E-state index contributed by atoms with van der Waals surface area (Å²) in [6.07, 6.45) is 1.29. The molecule has 6 nitrogen and oxygen atoms in total. The minimum atomic E-state index is -0.561. The van der Waals surface area contributed by atoms with Crippen LogP contribution in [0.25, 0.3) is 0 Å². The largest absolute Gasteiger partial charge is 0.445 e. The summed E-state index contributed by atoms with van der Waals surface area (Å²) in [5.41, 5.74) is 6.04. The van der Waals surface area contributed by atoms with Crippen molar-refractivity contribution >= 4 is 12.1 Å². The molecule has 6 heteroatoms. The average molecular weight is 277 g/mol. The van der Waals surface area contributed by atoms with Crippen molar-refractivity contribution in [1.82, 2.24) is 10.2 Å². The quantitative estimate of drug-likeness (QED) is 0.877. The first-order chi connectivity index (χ1) is 9.65. The van der Waals surface area contributed by atoms with Crippen LogP contribution in [0.5, 0.6) is 0 Å². The van der Waals surface area contributed by atoms with Gasteiger partial charge in [-0.15, -0.1) is 0 Å². The molecule has 0 radical (unpaired) electrons. The van der Waals surface area contributed by atoms with Crippen molar-refractivity contribution in [2.24, 2.45) is 5.73 Å². The van der Waals surface area contributed by atoms with Crippen LogP contribution in [0.3, 0.4) is 0 Å². The van der Waals surface area contributed by atoms with Crippen molar-refractivity contribution in [1.29, 1.82) is 0 Å². The Hall–Kier alpha value is -2.24. The van der Waals surface area contributed by atoms with Crippen LogP contribution in [0.4, 0.5) is 9.59 Å². The molecule has 3 amide bonds. The van der Waals surface area contributed by atoms with E-state index in [0.29, 0.717) is 13.1 Å². The number of rotatable bonds is 3. The van der Waals surface area contributed by atoms with E-state index in [-0.39, 0.29) is 18.7 Å². The highest BCUT2D eigenvalue weighted by Crippen LogP contribution is 2.12. The molecule has 1 heterocycles. The third-order valence-electron chi connectivity index (χ3n) is 3.23. The standard InChI is InChI=1S/C14H19N3O3/c15-13(18)16-12-7-4-8-17(9-12)14(19)20-10-11-5-2-1-3-6-11/h1-3,5-6,12H,4,7-10H2,(H3,15,16,18). The zero-order valence-electron chi connectivity index (χ0n) is 11.2. The van der Waals surface area contributed by atoms with Gasteiger partial charge in [0.05, 0.1) is 0 Å². The van der Waals surface area contributed by atoms with E-state index < -0.39 is 6.03 Å². The first-order valence-electron chi connectivity index (χ1n) is 6.67. The molecule has 1 aromatic carbocycles. The van der Waals surface area contributed by atoms with Crippen molar-refractivity contribution in [3.63, 3.8) is 0 Å². The Balaban J connectivity index is 1.81. The molecule has 1 aromatic rings. The number of carbonyl (C=O) groups is 2. The van der Waals surface area contributed by atoms with Gasteiger partial charge in [-0.05, 0) is 18.4 Å². The number of nitrogens with one attached hydrogen (secondary N) is 1. The van der Waals surface area contributed by atoms with E-state index in [1.165, 1.54) is 0 Å². The molecule has 0 bridgehead atoms. The Morgan fingerprint density at radius 2 is 2.10 bits per heavy atom. The van der Waals surface area contributed by atoms with E-state index in [1.54, 1.807) is 4.90 Å². The predicted molar refractivity (Wildman–Crippen MR) is 73.9 cm³/mol. The monoisotopic (exact) mass is 277 g/mol. The van der Waals surface area contributed by atoms with Crippen molar-refractivity contribution in [2.75, 3.05) is 13.1 Å². The summed E-state index contributed by atoms with van der Waals surface area (Å²) in [5, 5.41) is 2.63. The summed E-state index contributed by atoms with van der Waals surface area (Å²) >= 11 is 0. The zero-order valence-corrected chi connectivity index (χ0v) is 11.2. The van der Waals surface area contributed by atoms with Crippen LogP contribution >= 0.6 is 0 Å². The van der Waals surface area contributed by atoms with E-state index in [1.807, 2.05) is 30.3 Å². The molecule has 1 atom stereocenters. The van der Waals surface area contributed by atoms with Gasteiger partial charge in [0, 0.05) is 19.1 Å². The molecule has 3 N–H and O–H groups in total. The summed E-state index contributed by atoms with van der Waals surface area (Å²) in [5.74, 6) is 0. The molecule has 20 heavy (non-hydrogen) atoms. The maximum Gasteiger partial charge on any atom is 0.410 e. The molecular weight excluding hydrogens is 258 g/mol. The van der Waals surface area contributed by atoms with Crippen LogP contribution in [0.1, 0.15) is 18.4 Å². The fraction of sp³-hybridized carbons (Fsp3) is 0.429. The minimum absolute atomic E-state index is 0.0921. The van der Waals surface area contributed by atoms with Crippen LogP contribution in [0, 0.1) is 0 Å². The van der Waals surface area contributed by atoms with Gasteiger partial charge in [0.1, 0.15) is 6.61 Å². The molecule has 1 saturated heterocycles. The maximum atomic E-state index is 12.0. The number of amides is 3. The third-order valence-corrected chi connectivity index (χ3v) is 3.23. The maximum absolute atomic E-state index is 12.0. The van der Waals surface area contributed by atoms with Crippen molar-refractivity contribution in [2.45, 2.75) is 25.5 Å². The number of piperidine rings is 1. The predicted octanol–water partition coefficient (Wildman–Crippen LogP) is 1.46. The summed E-state index contributed by atoms with van der Waals surface area (Å²) in [7, 11) is 0. The smallest absolute Gasteiger partial charge is 0.410 e. The molecule has 0 saturated carbocycles. The number of nitrogens with two attached hydrogens (primary N) is 1. The van der Waals surface area contributed by atoms with Gasteiger partial charge in [0.2, 0.25) is 0 Å². The Kier molecular flexibility index (Phi) is 4.81. The summed E-state index contributed by atoms with van der Waals surface area (Å²) in [4.78, 5) is 24.4. The molecule has 1 aliphatic heterocycles. The highest BCUT2D eigenvalue weighted by atomic mass is 16.6.